The molecule has 2 heterocycles. The van der Waals surface area contributed by atoms with Gasteiger partial charge in [-0.05, 0) is 50.2 Å². The van der Waals surface area contributed by atoms with E-state index in [1.807, 2.05) is 0 Å². The summed E-state index contributed by atoms with van der Waals surface area (Å²) in [7, 11) is 0. The first-order valence-electron chi connectivity index (χ1n) is 10.3. The minimum absolute atomic E-state index is 0.107. The molecule has 1 aliphatic heterocycles. The van der Waals surface area contributed by atoms with Crippen LogP contribution in [0.15, 0.2) is 59.7 Å². The molecule has 186 valence electrons. The van der Waals surface area contributed by atoms with E-state index >= 15 is 0 Å². The van der Waals surface area contributed by atoms with Crippen molar-refractivity contribution in [2.45, 2.75) is 43.8 Å². The molecule has 0 radical (unpaired) electrons. The zero-order chi connectivity index (χ0) is 25.8. The molecule has 0 bridgehead atoms. The smallest absolute Gasteiger partial charge is 0.388 e. The highest BCUT2D eigenvalue weighted by Crippen LogP contribution is 2.52. The standard InChI is InChI=1S/C24H19ClF6N2OS/c1-21(2,34)22(11-12-32-33(22)18-6-4-3-5-17(18)25)20-10-9-19(35-20)15-8-7-14(23(26,27)28)13-16(15)24(29,30)31/h3-10,12-13,34H,11H2,1-2H3. The molecule has 0 saturated heterocycles. The lowest BCUT2D eigenvalue weighted by Gasteiger charge is -2.45. The summed E-state index contributed by atoms with van der Waals surface area (Å²) in [4.78, 5) is 0.584. The second kappa shape index (κ2) is 8.53. The summed E-state index contributed by atoms with van der Waals surface area (Å²) < 4.78 is 80.6. The first kappa shape index (κ1) is 25.5. The van der Waals surface area contributed by atoms with Crippen LogP contribution in [0.5, 0.6) is 0 Å². The third-order valence-corrected chi connectivity index (χ3v) is 7.56. The van der Waals surface area contributed by atoms with Crippen LogP contribution >= 0.6 is 22.9 Å². The fourth-order valence-corrected chi connectivity index (χ4v) is 5.82. The second-order valence-corrected chi connectivity index (χ2v) is 10.1. The molecule has 4 rings (SSSR count). The first-order valence-corrected chi connectivity index (χ1v) is 11.5. The summed E-state index contributed by atoms with van der Waals surface area (Å²) >= 11 is 7.33. The molecule has 1 N–H and O–H groups in total. The Morgan fingerprint density at radius 1 is 0.971 bits per heavy atom. The normalized spacial score (nSPS) is 19.0. The van der Waals surface area contributed by atoms with E-state index in [4.69, 9.17) is 11.6 Å². The first-order chi connectivity index (χ1) is 16.2. The van der Waals surface area contributed by atoms with Crippen LogP contribution in [0, 0.1) is 0 Å². The van der Waals surface area contributed by atoms with Gasteiger partial charge >= 0.3 is 12.4 Å². The Bertz CT molecular complexity index is 1280. The van der Waals surface area contributed by atoms with Gasteiger partial charge < -0.3 is 5.11 Å². The molecule has 0 amide bonds. The Balaban J connectivity index is 1.87. The average Bonchev–Trinajstić information content (AvgIpc) is 3.40. The highest BCUT2D eigenvalue weighted by atomic mass is 35.5. The quantitative estimate of drug-likeness (QED) is 0.346. The number of rotatable bonds is 4. The highest BCUT2D eigenvalue weighted by molar-refractivity contribution is 7.15. The maximum Gasteiger partial charge on any atom is 0.417 e. The lowest BCUT2D eigenvalue weighted by molar-refractivity contribution is -0.142. The molecule has 1 atom stereocenters. The van der Waals surface area contributed by atoms with Crippen LogP contribution in [0.4, 0.5) is 32.0 Å². The van der Waals surface area contributed by atoms with Crippen molar-refractivity contribution in [3.8, 4) is 10.4 Å². The molecule has 0 spiro atoms. The van der Waals surface area contributed by atoms with E-state index in [2.05, 4.69) is 5.10 Å². The number of halogens is 7. The molecular weight excluding hydrogens is 514 g/mol. The Morgan fingerprint density at radius 3 is 2.26 bits per heavy atom. The Labute approximate surface area is 206 Å². The summed E-state index contributed by atoms with van der Waals surface area (Å²) in [6, 6.07) is 11.4. The zero-order valence-electron chi connectivity index (χ0n) is 18.4. The topological polar surface area (TPSA) is 35.8 Å². The largest absolute Gasteiger partial charge is 0.417 e. The molecule has 3 aromatic rings. The van der Waals surface area contributed by atoms with Crippen molar-refractivity contribution >= 4 is 34.8 Å². The van der Waals surface area contributed by atoms with E-state index in [-0.39, 0.29) is 22.9 Å². The van der Waals surface area contributed by atoms with Crippen LogP contribution < -0.4 is 5.01 Å². The van der Waals surface area contributed by atoms with Crippen molar-refractivity contribution in [3.05, 3.63) is 75.6 Å². The molecule has 0 saturated carbocycles. The molecule has 11 heteroatoms. The lowest BCUT2D eigenvalue weighted by Crippen LogP contribution is -2.55. The number of nitrogens with zero attached hydrogens (tertiary/aromatic N) is 2. The van der Waals surface area contributed by atoms with Crippen LogP contribution in [-0.4, -0.2) is 16.9 Å². The van der Waals surface area contributed by atoms with Gasteiger partial charge in [0, 0.05) is 28.0 Å². The number of hydrazone groups is 1. The van der Waals surface area contributed by atoms with Gasteiger partial charge in [0.1, 0.15) is 5.54 Å². The Morgan fingerprint density at radius 2 is 1.66 bits per heavy atom. The van der Waals surface area contributed by atoms with Crippen molar-refractivity contribution in [2.75, 3.05) is 5.01 Å². The van der Waals surface area contributed by atoms with Crippen LogP contribution in [0.3, 0.4) is 0 Å². The third-order valence-electron chi connectivity index (χ3n) is 5.97. The second-order valence-electron chi connectivity index (χ2n) is 8.60. The van der Waals surface area contributed by atoms with Crippen molar-refractivity contribution in [1.29, 1.82) is 0 Å². The van der Waals surface area contributed by atoms with Crippen molar-refractivity contribution in [2.24, 2.45) is 5.10 Å². The van der Waals surface area contributed by atoms with Gasteiger partial charge in [-0.1, -0.05) is 29.8 Å². The number of benzene rings is 2. The van der Waals surface area contributed by atoms with E-state index in [1.54, 1.807) is 55.4 Å². The maximum atomic E-state index is 13.8. The van der Waals surface area contributed by atoms with E-state index in [0.717, 1.165) is 17.4 Å². The number of thiophene rings is 1. The minimum Gasteiger partial charge on any atom is -0.388 e. The summed E-state index contributed by atoms with van der Waals surface area (Å²) in [6.07, 6.45) is -8.11. The Hall–Kier alpha value is -2.56. The number of hydrogen-bond acceptors (Lipinski definition) is 4. The molecule has 3 nitrogen and oxygen atoms in total. The van der Waals surface area contributed by atoms with Gasteiger partial charge in [0.2, 0.25) is 0 Å². The number of anilines is 1. The molecule has 1 aliphatic rings. The molecule has 2 aromatic carbocycles. The van der Waals surface area contributed by atoms with Gasteiger partial charge in [-0.15, -0.1) is 11.3 Å². The van der Waals surface area contributed by atoms with Crippen LogP contribution in [0.25, 0.3) is 10.4 Å². The SMILES string of the molecule is CC(C)(O)C1(c2ccc(-c3ccc(C(F)(F)F)cc3C(F)(F)F)s2)CC=NN1c1ccccc1Cl. The van der Waals surface area contributed by atoms with Gasteiger partial charge in [0.25, 0.3) is 0 Å². The molecule has 0 aliphatic carbocycles. The molecular formula is C24H19ClF6N2OS. The number of aliphatic hydroxyl groups is 1. The van der Waals surface area contributed by atoms with Gasteiger partial charge in [0.15, 0.2) is 0 Å². The van der Waals surface area contributed by atoms with Gasteiger partial charge in [0.05, 0.1) is 27.4 Å². The minimum atomic E-state index is -5.01. The number of hydrogen-bond donors (Lipinski definition) is 1. The summed E-state index contributed by atoms with van der Waals surface area (Å²) in [5.74, 6) is 0. The fourth-order valence-electron chi connectivity index (χ4n) is 4.22. The van der Waals surface area contributed by atoms with Gasteiger partial charge in [-0.2, -0.15) is 31.4 Å². The monoisotopic (exact) mass is 532 g/mol. The van der Waals surface area contributed by atoms with Crippen LogP contribution in [0.1, 0.15) is 36.3 Å². The third kappa shape index (κ3) is 4.43. The average molecular weight is 533 g/mol. The number of alkyl halides is 6. The molecule has 1 aromatic heterocycles. The maximum absolute atomic E-state index is 13.8. The summed E-state index contributed by atoms with van der Waals surface area (Å²) in [5, 5.41) is 17.6. The van der Waals surface area contributed by atoms with Crippen molar-refractivity contribution in [1.82, 2.24) is 0 Å². The van der Waals surface area contributed by atoms with Crippen molar-refractivity contribution < 1.29 is 31.4 Å². The lowest BCUT2D eigenvalue weighted by atomic mass is 9.78. The van der Waals surface area contributed by atoms with E-state index in [0.29, 0.717) is 21.7 Å². The predicted molar refractivity (Wildman–Crippen MR) is 125 cm³/mol. The zero-order valence-corrected chi connectivity index (χ0v) is 19.9. The predicted octanol–water partition coefficient (Wildman–Crippen LogP) is 7.97. The van der Waals surface area contributed by atoms with E-state index in [1.165, 1.54) is 6.07 Å². The van der Waals surface area contributed by atoms with E-state index in [9.17, 15) is 31.4 Å². The van der Waals surface area contributed by atoms with E-state index < -0.39 is 34.6 Å². The van der Waals surface area contributed by atoms with Gasteiger partial charge in [-0.3, -0.25) is 0 Å². The van der Waals surface area contributed by atoms with Crippen LogP contribution in [0.2, 0.25) is 5.02 Å². The molecule has 1 unspecified atom stereocenters. The van der Waals surface area contributed by atoms with Gasteiger partial charge in [-0.25, -0.2) is 5.01 Å². The summed E-state index contributed by atoms with van der Waals surface area (Å²) in [5.41, 5.74) is -5.32. The fraction of sp³-hybridized carbons (Fsp3) is 0.292. The number of para-hydroxylation sites is 1. The van der Waals surface area contributed by atoms with Crippen LogP contribution in [-0.2, 0) is 17.9 Å². The molecule has 0 fully saturated rings. The summed E-state index contributed by atoms with van der Waals surface area (Å²) in [6.45, 7) is 3.12. The molecule has 35 heavy (non-hydrogen) atoms. The highest BCUT2D eigenvalue weighted by Gasteiger charge is 2.54. The van der Waals surface area contributed by atoms with Crippen molar-refractivity contribution in [3.63, 3.8) is 0 Å². The Kier molecular flexibility index (Phi) is 6.22.